The van der Waals surface area contributed by atoms with E-state index in [0.29, 0.717) is 34.9 Å². The fourth-order valence-corrected chi connectivity index (χ4v) is 2.62. The van der Waals surface area contributed by atoms with E-state index >= 15 is 0 Å². The molecule has 23 heavy (non-hydrogen) atoms. The van der Waals surface area contributed by atoms with Gasteiger partial charge in [0.2, 0.25) is 0 Å². The van der Waals surface area contributed by atoms with E-state index < -0.39 is 5.97 Å². The normalized spacial score (nSPS) is 10.4. The highest BCUT2D eigenvalue weighted by Gasteiger charge is 2.21. The molecule has 0 amide bonds. The number of benzene rings is 1. The van der Waals surface area contributed by atoms with E-state index in [1.807, 2.05) is 31.2 Å². The molecule has 0 aliphatic heterocycles. The molecule has 1 aromatic carbocycles. The first-order chi connectivity index (χ1) is 11.0. The maximum Gasteiger partial charge on any atom is 0.355 e. The third-order valence-electron chi connectivity index (χ3n) is 3.62. The van der Waals surface area contributed by atoms with Crippen molar-refractivity contribution >= 4 is 11.8 Å². The minimum Gasteiger partial charge on any atom is -0.493 e. The van der Waals surface area contributed by atoms with Crippen LogP contribution in [0.4, 0.5) is 0 Å². The van der Waals surface area contributed by atoms with Gasteiger partial charge in [-0.15, -0.1) is 0 Å². The smallest absolute Gasteiger partial charge is 0.355 e. The molecule has 1 aromatic heterocycles. The number of ether oxygens (including phenoxy) is 2. The van der Waals surface area contributed by atoms with Crippen LogP contribution in [0.2, 0.25) is 0 Å². The van der Waals surface area contributed by atoms with Gasteiger partial charge in [-0.25, -0.2) is 4.79 Å². The lowest BCUT2D eigenvalue weighted by Crippen LogP contribution is -2.08. The number of esters is 1. The summed E-state index contributed by atoms with van der Waals surface area (Å²) in [5, 5.41) is 0. The predicted molar refractivity (Wildman–Crippen MR) is 87.0 cm³/mol. The minimum absolute atomic E-state index is 0.0722. The monoisotopic (exact) mass is 315 g/mol. The molecule has 2 aromatic rings. The average Bonchev–Trinajstić information content (AvgIpc) is 2.81. The number of Topliss-reactive ketones (excluding diaryl/α,β-unsaturated/α-hetero) is 1. The second kappa shape index (κ2) is 7.13. The molecular weight excluding hydrogens is 294 g/mol. The Morgan fingerprint density at radius 1 is 1.17 bits per heavy atom. The molecule has 0 aliphatic carbocycles. The molecule has 0 aliphatic rings. The zero-order valence-corrected chi connectivity index (χ0v) is 13.9. The van der Waals surface area contributed by atoms with Crippen molar-refractivity contribution in [2.24, 2.45) is 0 Å². The summed E-state index contributed by atoms with van der Waals surface area (Å²) >= 11 is 0. The number of para-hydroxylation sites is 1. The summed E-state index contributed by atoms with van der Waals surface area (Å²) in [6, 6.07) is 7.42. The standard InChI is InChI=1S/C18H21NO4/c1-5-22-15-9-7-6-8-14(15)10-23-18(21)17-11(2)16(13(4)20)12(3)19-17/h6-9,19H,5,10H2,1-4H3. The maximum absolute atomic E-state index is 12.3. The molecule has 5 heteroatoms. The van der Waals surface area contributed by atoms with Crippen molar-refractivity contribution < 1.29 is 19.1 Å². The molecule has 1 N–H and O–H groups in total. The number of hydrogen-bond acceptors (Lipinski definition) is 4. The molecule has 0 saturated heterocycles. The summed E-state index contributed by atoms with van der Waals surface area (Å²) in [5.41, 5.74) is 2.97. The van der Waals surface area contributed by atoms with Gasteiger partial charge in [-0.1, -0.05) is 18.2 Å². The molecule has 0 spiro atoms. The molecule has 0 unspecified atom stereocenters. The first-order valence-corrected chi connectivity index (χ1v) is 7.53. The number of nitrogens with one attached hydrogen (secondary N) is 1. The highest BCUT2D eigenvalue weighted by molar-refractivity contribution is 6.01. The second-order valence-electron chi connectivity index (χ2n) is 5.30. The molecule has 1 heterocycles. The molecule has 122 valence electrons. The van der Waals surface area contributed by atoms with Gasteiger partial charge in [-0.2, -0.15) is 0 Å². The van der Waals surface area contributed by atoms with Crippen LogP contribution < -0.4 is 4.74 Å². The van der Waals surface area contributed by atoms with Gasteiger partial charge in [0.25, 0.3) is 0 Å². The molecular formula is C18H21NO4. The van der Waals surface area contributed by atoms with Crippen molar-refractivity contribution in [1.29, 1.82) is 0 Å². The van der Waals surface area contributed by atoms with E-state index in [1.54, 1.807) is 13.8 Å². The number of ketones is 1. The van der Waals surface area contributed by atoms with Crippen molar-refractivity contribution in [2.45, 2.75) is 34.3 Å². The Kier molecular flexibility index (Phi) is 5.21. The molecule has 5 nitrogen and oxygen atoms in total. The molecule has 0 saturated carbocycles. The number of aryl methyl sites for hydroxylation is 1. The predicted octanol–water partition coefficient (Wildman–Crippen LogP) is 3.59. The Balaban J connectivity index is 2.15. The van der Waals surface area contributed by atoms with Crippen molar-refractivity contribution in [3.8, 4) is 5.75 Å². The fourth-order valence-electron chi connectivity index (χ4n) is 2.62. The van der Waals surface area contributed by atoms with Crippen LogP contribution in [0.15, 0.2) is 24.3 Å². The van der Waals surface area contributed by atoms with E-state index in [9.17, 15) is 9.59 Å². The molecule has 0 bridgehead atoms. The van der Waals surface area contributed by atoms with Crippen LogP contribution in [0.5, 0.6) is 5.75 Å². The summed E-state index contributed by atoms with van der Waals surface area (Å²) in [7, 11) is 0. The topological polar surface area (TPSA) is 68.4 Å². The number of aromatic nitrogens is 1. The Hall–Kier alpha value is -2.56. The van der Waals surface area contributed by atoms with Crippen LogP contribution >= 0.6 is 0 Å². The van der Waals surface area contributed by atoms with Gasteiger partial charge in [0.05, 0.1) is 6.61 Å². The molecule has 0 radical (unpaired) electrons. The summed E-state index contributed by atoms with van der Waals surface area (Å²) in [5.74, 6) is 0.146. The van der Waals surface area contributed by atoms with Crippen molar-refractivity contribution in [2.75, 3.05) is 6.61 Å². The number of aromatic amines is 1. The van der Waals surface area contributed by atoms with Crippen molar-refractivity contribution in [3.63, 3.8) is 0 Å². The first-order valence-electron chi connectivity index (χ1n) is 7.53. The largest absolute Gasteiger partial charge is 0.493 e. The van der Waals surface area contributed by atoms with Crippen LogP contribution in [-0.2, 0) is 11.3 Å². The van der Waals surface area contributed by atoms with Gasteiger partial charge in [0.15, 0.2) is 5.78 Å². The number of carbonyl (C=O) groups is 2. The molecule has 2 rings (SSSR count). The van der Waals surface area contributed by atoms with Gasteiger partial charge >= 0.3 is 5.97 Å². The van der Waals surface area contributed by atoms with E-state index in [2.05, 4.69) is 4.98 Å². The third kappa shape index (κ3) is 3.62. The summed E-state index contributed by atoms with van der Waals surface area (Å²) in [4.78, 5) is 26.9. The van der Waals surface area contributed by atoms with Crippen LogP contribution in [-0.4, -0.2) is 23.3 Å². The van der Waals surface area contributed by atoms with E-state index in [0.717, 1.165) is 5.56 Å². The Bertz CT molecular complexity index is 731. The summed E-state index contributed by atoms with van der Waals surface area (Å²) in [6.07, 6.45) is 0. The summed E-state index contributed by atoms with van der Waals surface area (Å²) in [6.45, 7) is 7.55. The first kappa shape index (κ1) is 16.8. The van der Waals surface area contributed by atoms with Crippen molar-refractivity contribution in [3.05, 3.63) is 52.3 Å². The lowest BCUT2D eigenvalue weighted by atomic mass is 10.1. The van der Waals surface area contributed by atoms with Crippen LogP contribution in [0.25, 0.3) is 0 Å². The third-order valence-corrected chi connectivity index (χ3v) is 3.62. The van der Waals surface area contributed by atoms with Gasteiger partial charge in [0.1, 0.15) is 18.1 Å². The van der Waals surface area contributed by atoms with Crippen LogP contribution in [0.3, 0.4) is 0 Å². The van der Waals surface area contributed by atoms with Gasteiger partial charge in [0, 0.05) is 16.8 Å². The fraction of sp³-hybridized carbons (Fsp3) is 0.333. The zero-order valence-electron chi connectivity index (χ0n) is 13.9. The van der Waals surface area contributed by atoms with Crippen LogP contribution in [0, 0.1) is 13.8 Å². The highest BCUT2D eigenvalue weighted by atomic mass is 16.5. The summed E-state index contributed by atoms with van der Waals surface area (Å²) < 4.78 is 10.9. The van der Waals surface area contributed by atoms with Crippen molar-refractivity contribution in [1.82, 2.24) is 4.98 Å². The zero-order chi connectivity index (χ0) is 17.0. The number of rotatable bonds is 6. The lowest BCUT2D eigenvalue weighted by Gasteiger charge is -2.10. The number of H-pyrrole nitrogens is 1. The van der Waals surface area contributed by atoms with Crippen LogP contribution in [0.1, 0.15) is 51.5 Å². The lowest BCUT2D eigenvalue weighted by molar-refractivity contribution is 0.0462. The second-order valence-corrected chi connectivity index (χ2v) is 5.30. The minimum atomic E-state index is -0.482. The average molecular weight is 315 g/mol. The Morgan fingerprint density at radius 3 is 2.48 bits per heavy atom. The number of hydrogen-bond donors (Lipinski definition) is 1. The highest BCUT2D eigenvalue weighted by Crippen LogP contribution is 2.22. The molecule has 0 fully saturated rings. The Labute approximate surface area is 135 Å². The van der Waals surface area contributed by atoms with Gasteiger partial charge in [-0.05, 0) is 39.3 Å². The quantitative estimate of drug-likeness (QED) is 0.653. The van der Waals surface area contributed by atoms with E-state index in [1.165, 1.54) is 6.92 Å². The van der Waals surface area contributed by atoms with E-state index in [-0.39, 0.29) is 12.4 Å². The van der Waals surface area contributed by atoms with Gasteiger partial charge < -0.3 is 14.5 Å². The van der Waals surface area contributed by atoms with Gasteiger partial charge in [-0.3, -0.25) is 4.79 Å². The molecule has 0 atom stereocenters. The maximum atomic E-state index is 12.3. The SMILES string of the molecule is CCOc1ccccc1COC(=O)c1[nH]c(C)c(C(C)=O)c1C. The number of carbonyl (C=O) groups excluding carboxylic acids is 2. The van der Waals surface area contributed by atoms with E-state index in [4.69, 9.17) is 9.47 Å². The Morgan fingerprint density at radius 2 is 1.87 bits per heavy atom.